The van der Waals surface area contributed by atoms with Crippen LogP contribution in [0.1, 0.15) is 12.7 Å². The van der Waals surface area contributed by atoms with Crippen LogP contribution in [0, 0.1) is 5.92 Å². The summed E-state index contributed by atoms with van der Waals surface area (Å²) >= 11 is 1.80. The average Bonchev–Trinajstić information content (AvgIpc) is 2.63. The molecular weight excluding hydrogens is 208 g/mol. The highest BCUT2D eigenvalue weighted by atomic mass is 32.2. The fourth-order valence-corrected chi connectivity index (χ4v) is 2.27. The fourth-order valence-electron chi connectivity index (χ4n) is 1.39. The maximum Gasteiger partial charge on any atom is 0.156 e. The lowest BCUT2D eigenvalue weighted by atomic mass is 10.2. The lowest BCUT2D eigenvalue weighted by molar-refractivity contribution is 0.666. The van der Waals surface area contributed by atoms with Gasteiger partial charge in [0.1, 0.15) is 5.82 Å². The standard InChI is InChI=1S/C10H16N4S/c1-8-5-12-10(15-7-8)13-6-9-11-3-4-14(9)2/h3-4,8H,5-7H2,1-2H3,(H,12,13). The van der Waals surface area contributed by atoms with Crippen molar-refractivity contribution in [3.05, 3.63) is 18.2 Å². The van der Waals surface area contributed by atoms with Gasteiger partial charge in [-0.3, -0.25) is 4.99 Å². The Hall–Kier alpha value is -0.970. The zero-order valence-electron chi connectivity index (χ0n) is 9.10. The molecule has 2 heterocycles. The van der Waals surface area contributed by atoms with E-state index < -0.39 is 0 Å². The third kappa shape index (κ3) is 2.75. The van der Waals surface area contributed by atoms with Gasteiger partial charge in [0.05, 0.1) is 6.54 Å². The first-order chi connectivity index (χ1) is 7.25. The normalized spacial score (nSPS) is 21.2. The number of aromatic nitrogens is 2. The van der Waals surface area contributed by atoms with Crippen LogP contribution in [0.2, 0.25) is 0 Å². The monoisotopic (exact) mass is 224 g/mol. The van der Waals surface area contributed by atoms with Crippen LogP contribution in [0.25, 0.3) is 0 Å². The molecule has 0 radical (unpaired) electrons. The smallest absolute Gasteiger partial charge is 0.156 e. The summed E-state index contributed by atoms with van der Waals surface area (Å²) in [6, 6.07) is 0. The summed E-state index contributed by atoms with van der Waals surface area (Å²) in [5.74, 6) is 2.90. The summed E-state index contributed by atoms with van der Waals surface area (Å²) in [6.45, 7) is 3.92. The highest BCUT2D eigenvalue weighted by Crippen LogP contribution is 2.15. The number of imidazole rings is 1. The number of amidine groups is 1. The number of aryl methyl sites for hydroxylation is 1. The third-order valence-electron chi connectivity index (χ3n) is 2.37. The van der Waals surface area contributed by atoms with Gasteiger partial charge in [-0.15, -0.1) is 0 Å². The van der Waals surface area contributed by atoms with Crippen molar-refractivity contribution in [3.8, 4) is 0 Å². The van der Waals surface area contributed by atoms with Gasteiger partial charge >= 0.3 is 0 Å². The molecule has 2 rings (SSSR count). The predicted octanol–water partition coefficient (Wildman–Crippen LogP) is 1.25. The fraction of sp³-hybridized carbons (Fsp3) is 0.600. The van der Waals surface area contributed by atoms with Gasteiger partial charge in [0.25, 0.3) is 0 Å². The van der Waals surface area contributed by atoms with E-state index in [0.29, 0.717) is 5.92 Å². The molecule has 0 fully saturated rings. The Bertz CT molecular complexity index is 358. The molecule has 0 aromatic carbocycles. The molecule has 4 nitrogen and oxygen atoms in total. The van der Waals surface area contributed by atoms with Gasteiger partial charge in [0.15, 0.2) is 5.17 Å². The van der Waals surface area contributed by atoms with Gasteiger partial charge in [0.2, 0.25) is 0 Å². The maximum atomic E-state index is 4.47. The first-order valence-corrected chi connectivity index (χ1v) is 6.11. The Morgan fingerprint density at radius 1 is 1.67 bits per heavy atom. The minimum atomic E-state index is 0.703. The minimum Gasteiger partial charge on any atom is -0.358 e. The number of rotatable bonds is 2. The predicted molar refractivity (Wildman–Crippen MR) is 64.0 cm³/mol. The molecule has 0 aliphatic carbocycles. The molecule has 1 unspecified atom stereocenters. The molecule has 1 atom stereocenters. The Morgan fingerprint density at radius 2 is 2.53 bits per heavy atom. The largest absolute Gasteiger partial charge is 0.358 e. The lowest BCUT2D eigenvalue weighted by Gasteiger charge is -2.17. The number of aliphatic imine (C=N–C) groups is 1. The van der Waals surface area contributed by atoms with Gasteiger partial charge in [-0.2, -0.15) is 0 Å². The van der Waals surface area contributed by atoms with Gasteiger partial charge in [-0.1, -0.05) is 18.7 Å². The van der Waals surface area contributed by atoms with E-state index in [2.05, 4.69) is 22.2 Å². The zero-order valence-corrected chi connectivity index (χ0v) is 9.92. The van der Waals surface area contributed by atoms with Crippen LogP contribution in [0.15, 0.2) is 17.4 Å². The first-order valence-electron chi connectivity index (χ1n) is 5.13. The van der Waals surface area contributed by atoms with Gasteiger partial charge in [0, 0.05) is 31.7 Å². The average molecular weight is 224 g/mol. The number of nitrogens with one attached hydrogen (secondary N) is 1. The summed E-state index contributed by atoms with van der Waals surface area (Å²) in [6.07, 6.45) is 3.77. The van der Waals surface area contributed by atoms with Crippen molar-refractivity contribution < 1.29 is 0 Å². The minimum absolute atomic E-state index is 0.703. The first kappa shape index (κ1) is 10.5. The van der Waals surface area contributed by atoms with Crippen LogP contribution in [-0.4, -0.2) is 27.0 Å². The van der Waals surface area contributed by atoms with Crippen LogP contribution < -0.4 is 5.32 Å². The van der Waals surface area contributed by atoms with Gasteiger partial charge < -0.3 is 9.88 Å². The number of thioether (sulfide) groups is 1. The molecule has 1 aromatic heterocycles. The highest BCUT2D eigenvalue weighted by molar-refractivity contribution is 8.13. The van der Waals surface area contributed by atoms with E-state index in [0.717, 1.165) is 29.8 Å². The summed E-state index contributed by atoms with van der Waals surface area (Å²) in [4.78, 5) is 8.72. The van der Waals surface area contributed by atoms with Gasteiger partial charge in [-0.25, -0.2) is 4.98 Å². The lowest BCUT2D eigenvalue weighted by Crippen LogP contribution is -2.26. The molecule has 15 heavy (non-hydrogen) atoms. The number of nitrogens with zero attached hydrogens (tertiary/aromatic N) is 3. The zero-order chi connectivity index (χ0) is 10.7. The van der Waals surface area contributed by atoms with Crippen molar-refractivity contribution in [2.45, 2.75) is 13.5 Å². The van der Waals surface area contributed by atoms with Crippen molar-refractivity contribution >= 4 is 16.9 Å². The maximum absolute atomic E-state index is 4.47. The molecule has 1 aliphatic rings. The van der Waals surface area contributed by atoms with Crippen molar-refractivity contribution in [1.82, 2.24) is 14.9 Å². The molecule has 0 saturated carbocycles. The van der Waals surface area contributed by atoms with Crippen LogP contribution >= 0.6 is 11.8 Å². The summed E-state index contributed by atoms with van der Waals surface area (Å²) < 4.78 is 2.02. The molecule has 1 aliphatic heterocycles. The van der Waals surface area contributed by atoms with Crippen LogP contribution in [0.5, 0.6) is 0 Å². The molecular formula is C10H16N4S. The van der Waals surface area contributed by atoms with E-state index in [-0.39, 0.29) is 0 Å². The molecule has 0 amide bonds. The Balaban J connectivity index is 1.86. The molecule has 5 heteroatoms. The van der Waals surface area contributed by atoms with E-state index in [9.17, 15) is 0 Å². The Kier molecular flexibility index (Phi) is 3.30. The SMILES string of the molecule is CC1CN=C(NCc2nccn2C)SC1. The summed E-state index contributed by atoms with van der Waals surface area (Å²) in [5, 5.41) is 4.37. The second-order valence-corrected chi connectivity index (χ2v) is 4.88. The van der Waals surface area contributed by atoms with Gasteiger partial charge in [-0.05, 0) is 5.92 Å². The second-order valence-electron chi connectivity index (χ2n) is 3.87. The van der Waals surface area contributed by atoms with Crippen LogP contribution in [0.3, 0.4) is 0 Å². The number of hydrogen-bond donors (Lipinski definition) is 1. The van der Waals surface area contributed by atoms with Crippen LogP contribution in [0.4, 0.5) is 0 Å². The van der Waals surface area contributed by atoms with E-state index >= 15 is 0 Å². The third-order valence-corrected chi connectivity index (χ3v) is 3.65. The molecule has 1 N–H and O–H groups in total. The number of hydrogen-bond acceptors (Lipinski definition) is 4. The van der Waals surface area contributed by atoms with Crippen molar-refractivity contribution in [2.75, 3.05) is 12.3 Å². The molecule has 0 spiro atoms. The van der Waals surface area contributed by atoms with E-state index in [1.165, 1.54) is 0 Å². The Labute approximate surface area is 94.2 Å². The quantitative estimate of drug-likeness (QED) is 0.822. The second kappa shape index (κ2) is 4.70. The Morgan fingerprint density at radius 3 is 3.13 bits per heavy atom. The van der Waals surface area contributed by atoms with E-state index in [4.69, 9.17) is 0 Å². The van der Waals surface area contributed by atoms with E-state index in [1.807, 2.05) is 24.0 Å². The van der Waals surface area contributed by atoms with Crippen molar-refractivity contribution in [1.29, 1.82) is 0 Å². The van der Waals surface area contributed by atoms with Crippen LogP contribution in [-0.2, 0) is 13.6 Å². The molecule has 0 saturated heterocycles. The molecule has 1 aromatic rings. The molecule has 82 valence electrons. The molecule has 0 bridgehead atoms. The highest BCUT2D eigenvalue weighted by Gasteiger charge is 2.11. The topological polar surface area (TPSA) is 42.2 Å². The summed E-state index contributed by atoms with van der Waals surface area (Å²) in [7, 11) is 2.00. The van der Waals surface area contributed by atoms with E-state index in [1.54, 1.807) is 11.8 Å². The van der Waals surface area contributed by atoms with Crippen molar-refractivity contribution in [3.63, 3.8) is 0 Å². The summed E-state index contributed by atoms with van der Waals surface area (Å²) in [5.41, 5.74) is 0. The van der Waals surface area contributed by atoms with Crippen molar-refractivity contribution in [2.24, 2.45) is 18.0 Å².